The topological polar surface area (TPSA) is 85.8 Å². The molecule has 0 saturated carbocycles. The van der Waals surface area contributed by atoms with E-state index in [9.17, 15) is 4.79 Å². The van der Waals surface area contributed by atoms with Crippen molar-refractivity contribution in [1.82, 2.24) is 14.1 Å². The lowest BCUT2D eigenvalue weighted by molar-refractivity contribution is -0.128. The number of carbonyl (C=O) groups excluding carboxylic acids is 1. The molecule has 26 heavy (non-hydrogen) atoms. The van der Waals surface area contributed by atoms with E-state index >= 15 is 0 Å². The highest BCUT2D eigenvalue weighted by Gasteiger charge is 2.25. The molecule has 1 N–H and O–H groups in total. The van der Waals surface area contributed by atoms with Gasteiger partial charge < -0.3 is 24.4 Å². The summed E-state index contributed by atoms with van der Waals surface area (Å²) < 4.78 is 24.6. The molecule has 1 aromatic heterocycles. The number of hydrogen-bond donors (Lipinski definition) is 1. The third-order valence-electron chi connectivity index (χ3n) is 4.54. The van der Waals surface area contributed by atoms with Crippen molar-refractivity contribution in [3.05, 3.63) is 24.4 Å². The number of benzene rings is 1. The number of carbonyl (C=O) groups is 1. The second-order valence-corrected chi connectivity index (χ2v) is 6.87. The molecule has 138 valence electrons. The fourth-order valence-electron chi connectivity index (χ4n) is 3.08. The molecule has 9 heteroatoms. The quantitative estimate of drug-likeness (QED) is 0.852. The third kappa shape index (κ3) is 3.67. The molecule has 2 aliphatic heterocycles. The van der Waals surface area contributed by atoms with Gasteiger partial charge in [0.25, 0.3) is 5.91 Å². The van der Waals surface area contributed by atoms with Gasteiger partial charge in [-0.3, -0.25) is 4.79 Å². The van der Waals surface area contributed by atoms with Gasteiger partial charge in [0.15, 0.2) is 23.4 Å². The van der Waals surface area contributed by atoms with E-state index < -0.39 is 6.10 Å². The van der Waals surface area contributed by atoms with Gasteiger partial charge >= 0.3 is 0 Å². The molecule has 1 saturated heterocycles. The summed E-state index contributed by atoms with van der Waals surface area (Å²) in [5.74, 6) is 2.72. The second-order valence-electron chi connectivity index (χ2n) is 6.31. The van der Waals surface area contributed by atoms with Crippen LogP contribution in [0, 0.1) is 0 Å². The van der Waals surface area contributed by atoms with Crippen molar-refractivity contribution in [3.63, 3.8) is 0 Å². The van der Waals surface area contributed by atoms with Gasteiger partial charge in [-0.25, -0.2) is 0 Å². The molecule has 2 aromatic rings. The SMILES string of the molecule is CC(Oc1ccc2c(c1)OCO2)C(=O)NC1CCN(c2cnsn2)CC1. The largest absolute Gasteiger partial charge is 0.481 e. The lowest BCUT2D eigenvalue weighted by atomic mass is 10.0. The number of amides is 1. The molecular weight excluding hydrogens is 356 g/mol. The van der Waals surface area contributed by atoms with Gasteiger partial charge in [0.1, 0.15) is 5.75 Å². The van der Waals surface area contributed by atoms with Crippen molar-refractivity contribution in [1.29, 1.82) is 0 Å². The molecule has 1 atom stereocenters. The number of aromatic nitrogens is 2. The Labute approximate surface area is 155 Å². The van der Waals surface area contributed by atoms with E-state index in [4.69, 9.17) is 14.2 Å². The van der Waals surface area contributed by atoms with Crippen LogP contribution in [0.4, 0.5) is 5.82 Å². The zero-order chi connectivity index (χ0) is 17.9. The fraction of sp³-hybridized carbons (Fsp3) is 0.471. The normalized spacial score (nSPS) is 17.8. The van der Waals surface area contributed by atoms with E-state index in [-0.39, 0.29) is 18.7 Å². The number of fused-ring (bicyclic) bond motifs is 1. The Bertz CT molecular complexity index is 762. The number of anilines is 1. The molecule has 0 spiro atoms. The van der Waals surface area contributed by atoms with E-state index in [2.05, 4.69) is 19.0 Å². The van der Waals surface area contributed by atoms with Gasteiger partial charge in [0.2, 0.25) is 6.79 Å². The van der Waals surface area contributed by atoms with Gasteiger partial charge in [-0.1, -0.05) is 0 Å². The van der Waals surface area contributed by atoms with Crippen LogP contribution in [0.15, 0.2) is 24.4 Å². The van der Waals surface area contributed by atoms with Crippen LogP contribution in [0.3, 0.4) is 0 Å². The van der Waals surface area contributed by atoms with Crippen LogP contribution in [-0.4, -0.2) is 46.7 Å². The first-order chi connectivity index (χ1) is 12.7. The van der Waals surface area contributed by atoms with Gasteiger partial charge in [-0.2, -0.15) is 8.75 Å². The first-order valence-electron chi connectivity index (χ1n) is 8.58. The Kier molecular flexibility index (Phi) is 4.79. The smallest absolute Gasteiger partial charge is 0.260 e. The first-order valence-corrected chi connectivity index (χ1v) is 9.31. The summed E-state index contributed by atoms with van der Waals surface area (Å²) in [7, 11) is 0. The Hall–Kier alpha value is -2.55. The van der Waals surface area contributed by atoms with Crippen LogP contribution in [0.25, 0.3) is 0 Å². The van der Waals surface area contributed by atoms with Crippen molar-refractivity contribution < 1.29 is 19.0 Å². The van der Waals surface area contributed by atoms with Gasteiger partial charge in [-0.05, 0) is 31.9 Å². The predicted molar refractivity (Wildman–Crippen MR) is 95.9 cm³/mol. The lowest BCUT2D eigenvalue weighted by Crippen LogP contribution is -2.48. The molecule has 8 nitrogen and oxygen atoms in total. The van der Waals surface area contributed by atoms with E-state index in [1.165, 1.54) is 11.7 Å². The van der Waals surface area contributed by atoms with Gasteiger partial charge in [0, 0.05) is 25.2 Å². The van der Waals surface area contributed by atoms with Crippen molar-refractivity contribution in [2.45, 2.75) is 31.9 Å². The zero-order valence-electron chi connectivity index (χ0n) is 14.4. The van der Waals surface area contributed by atoms with Crippen LogP contribution in [0.5, 0.6) is 17.2 Å². The molecule has 1 unspecified atom stereocenters. The Morgan fingerprint density at radius 1 is 1.35 bits per heavy atom. The molecule has 0 bridgehead atoms. The van der Waals surface area contributed by atoms with E-state index in [1.54, 1.807) is 31.3 Å². The minimum atomic E-state index is -0.587. The van der Waals surface area contributed by atoms with Crippen LogP contribution in [0.1, 0.15) is 19.8 Å². The Morgan fingerprint density at radius 3 is 2.92 bits per heavy atom. The number of ether oxygens (including phenoxy) is 3. The highest BCUT2D eigenvalue weighted by Crippen LogP contribution is 2.35. The van der Waals surface area contributed by atoms with E-state index in [0.717, 1.165) is 31.7 Å². The van der Waals surface area contributed by atoms with Crippen LogP contribution in [0.2, 0.25) is 0 Å². The molecule has 0 radical (unpaired) electrons. The summed E-state index contributed by atoms with van der Waals surface area (Å²) in [4.78, 5) is 14.6. The zero-order valence-corrected chi connectivity index (χ0v) is 15.2. The minimum Gasteiger partial charge on any atom is -0.481 e. The van der Waals surface area contributed by atoms with Crippen LogP contribution >= 0.6 is 11.7 Å². The summed E-state index contributed by atoms with van der Waals surface area (Å²) in [6.45, 7) is 3.67. The molecular formula is C17H20N4O4S. The molecule has 3 heterocycles. The number of piperidine rings is 1. The average molecular weight is 376 g/mol. The highest BCUT2D eigenvalue weighted by atomic mass is 32.1. The summed E-state index contributed by atoms with van der Waals surface area (Å²) in [5, 5.41) is 3.08. The molecule has 1 aromatic carbocycles. The summed E-state index contributed by atoms with van der Waals surface area (Å²) in [6.07, 6.45) is 2.95. The maximum Gasteiger partial charge on any atom is 0.260 e. The maximum absolute atomic E-state index is 12.4. The summed E-state index contributed by atoms with van der Waals surface area (Å²) >= 11 is 1.21. The van der Waals surface area contributed by atoms with Gasteiger partial charge in [-0.15, -0.1) is 0 Å². The van der Waals surface area contributed by atoms with Gasteiger partial charge in [0.05, 0.1) is 17.9 Å². The molecule has 1 amide bonds. The fourth-order valence-corrected chi connectivity index (χ4v) is 3.51. The lowest BCUT2D eigenvalue weighted by Gasteiger charge is -2.32. The van der Waals surface area contributed by atoms with E-state index in [1.807, 2.05) is 0 Å². The highest BCUT2D eigenvalue weighted by molar-refractivity contribution is 6.99. The number of hydrogen-bond acceptors (Lipinski definition) is 8. The molecule has 2 aliphatic rings. The second kappa shape index (κ2) is 7.36. The number of nitrogens with one attached hydrogen (secondary N) is 1. The van der Waals surface area contributed by atoms with Crippen molar-refractivity contribution >= 4 is 23.5 Å². The number of nitrogens with zero attached hydrogens (tertiary/aromatic N) is 3. The Balaban J connectivity index is 1.27. The predicted octanol–water partition coefficient (Wildman–Crippen LogP) is 1.82. The summed E-state index contributed by atoms with van der Waals surface area (Å²) in [5.41, 5.74) is 0. The molecule has 1 fully saturated rings. The van der Waals surface area contributed by atoms with Crippen molar-refractivity contribution in [3.8, 4) is 17.2 Å². The Morgan fingerprint density at radius 2 is 2.15 bits per heavy atom. The van der Waals surface area contributed by atoms with Crippen molar-refractivity contribution in [2.75, 3.05) is 24.8 Å². The van der Waals surface area contributed by atoms with E-state index in [0.29, 0.717) is 17.2 Å². The maximum atomic E-state index is 12.4. The standard InChI is InChI=1S/C17H20N4O4S/c1-11(25-13-2-3-14-15(8-13)24-10-23-14)17(22)19-12-4-6-21(7-5-12)16-9-18-26-20-16/h2-3,8-9,11-12H,4-7,10H2,1H3,(H,19,22). The monoisotopic (exact) mass is 376 g/mol. The third-order valence-corrected chi connectivity index (χ3v) is 5.01. The average Bonchev–Trinajstić information content (AvgIpc) is 3.33. The molecule has 4 rings (SSSR count). The van der Waals surface area contributed by atoms with Crippen LogP contribution in [-0.2, 0) is 4.79 Å². The molecule has 0 aliphatic carbocycles. The number of rotatable bonds is 5. The van der Waals surface area contributed by atoms with Crippen LogP contribution < -0.4 is 24.4 Å². The van der Waals surface area contributed by atoms with Crippen molar-refractivity contribution in [2.24, 2.45) is 0 Å². The summed E-state index contributed by atoms with van der Waals surface area (Å²) in [6, 6.07) is 5.45. The minimum absolute atomic E-state index is 0.114. The first kappa shape index (κ1) is 16.9.